The molecule has 80 valence electrons. The maximum atomic E-state index is 8.63. The first-order valence-corrected chi connectivity index (χ1v) is 4.61. The molecule has 0 aliphatic carbocycles. The van der Waals surface area contributed by atoms with Crippen LogP contribution in [0.4, 0.5) is 0 Å². The summed E-state index contributed by atoms with van der Waals surface area (Å²) < 4.78 is 0. The van der Waals surface area contributed by atoms with Gasteiger partial charge in [-0.05, 0) is 24.3 Å². The Kier molecular flexibility index (Phi) is 7.60. The molecule has 0 bridgehead atoms. The van der Waals surface area contributed by atoms with Crippen molar-refractivity contribution in [3.05, 3.63) is 65.7 Å². The van der Waals surface area contributed by atoms with Crippen molar-refractivity contribution in [1.29, 1.82) is 0 Å². The van der Waals surface area contributed by atoms with Crippen LogP contribution in [0.15, 0.2) is 60.7 Å². The van der Waals surface area contributed by atoms with Crippen LogP contribution in [0.1, 0.15) is 0 Å². The van der Waals surface area contributed by atoms with Gasteiger partial charge in [0.2, 0.25) is 0 Å². The Hall–Kier alpha value is -1.12. The van der Waals surface area contributed by atoms with Crippen LogP contribution in [-0.4, -0.2) is 5.11 Å². The SMILES string of the molecule is Clc1ccccc1.Oc1ccccc1.S. The van der Waals surface area contributed by atoms with Gasteiger partial charge in [-0.3, -0.25) is 0 Å². The molecule has 3 heteroatoms. The van der Waals surface area contributed by atoms with Crippen LogP contribution in [0, 0.1) is 0 Å². The van der Waals surface area contributed by atoms with Gasteiger partial charge in [-0.2, -0.15) is 13.5 Å². The molecule has 0 saturated carbocycles. The van der Waals surface area contributed by atoms with Gasteiger partial charge in [0, 0.05) is 5.02 Å². The van der Waals surface area contributed by atoms with Crippen molar-refractivity contribution in [3.63, 3.8) is 0 Å². The average molecular weight is 241 g/mol. The molecule has 0 saturated heterocycles. The summed E-state index contributed by atoms with van der Waals surface area (Å²) in [6.07, 6.45) is 0. The molecule has 0 aromatic heterocycles. The van der Waals surface area contributed by atoms with Crippen LogP contribution >= 0.6 is 25.1 Å². The van der Waals surface area contributed by atoms with Crippen molar-refractivity contribution in [3.8, 4) is 5.75 Å². The van der Waals surface area contributed by atoms with E-state index in [0.29, 0.717) is 5.75 Å². The van der Waals surface area contributed by atoms with Crippen molar-refractivity contribution < 1.29 is 5.11 Å². The molecule has 1 nitrogen and oxygen atoms in total. The van der Waals surface area contributed by atoms with E-state index in [2.05, 4.69) is 0 Å². The number of phenolic OH excluding ortho intramolecular Hbond substituents is 1. The topological polar surface area (TPSA) is 20.2 Å². The molecule has 0 aliphatic rings. The summed E-state index contributed by atoms with van der Waals surface area (Å²) in [6, 6.07) is 18.2. The van der Waals surface area contributed by atoms with Gasteiger partial charge in [-0.15, -0.1) is 0 Å². The van der Waals surface area contributed by atoms with Crippen molar-refractivity contribution in [1.82, 2.24) is 0 Å². The van der Waals surface area contributed by atoms with E-state index in [1.54, 1.807) is 24.3 Å². The van der Waals surface area contributed by atoms with Crippen LogP contribution in [0.25, 0.3) is 0 Å². The second kappa shape index (κ2) is 8.21. The summed E-state index contributed by atoms with van der Waals surface area (Å²) in [5, 5.41) is 9.43. The molecule has 0 fully saturated rings. The predicted octanol–water partition coefficient (Wildman–Crippen LogP) is 3.85. The Labute approximate surface area is 102 Å². The smallest absolute Gasteiger partial charge is 0.115 e. The van der Waals surface area contributed by atoms with Crippen LogP contribution in [0.2, 0.25) is 5.02 Å². The molecule has 2 rings (SSSR count). The Balaban J connectivity index is 0.000000245. The summed E-state index contributed by atoms with van der Waals surface area (Å²) in [5.74, 6) is 0.322. The van der Waals surface area contributed by atoms with Gasteiger partial charge in [0.05, 0.1) is 0 Å². The lowest BCUT2D eigenvalue weighted by atomic mass is 10.3. The van der Waals surface area contributed by atoms with Gasteiger partial charge >= 0.3 is 0 Å². The zero-order valence-electron chi connectivity index (χ0n) is 8.10. The minimum absolute atomic E-state index is 0. The minimum atomic E-state index is 0. The lowest BCUT2D eigenvalue weighted by Gasteiger charge is -1.82. The Morgan fingerprint density at radius 3 is 1.33 bits per heavy atom. The molecule has 2 aromatic rings. The average Bonchev–Trinajstić information content (AvgIpc) is 2.21. The molecule has 2 aromatic carbocycles. The van der Waals surface area contributed by atoms with E-state index in [-0.39, 0.29) is 13.5 Å². The molecule has 1 N–H and O–H groups in total. The van der Waals surface area contributed by atoms with Gasteiger partial charge in [0.15, 0.2) is 0 Å². The third-order valence-electron chi connectivity index (χ3n) is 1.49. The first-order valence-electron chi connectivity index (χ1n) is 4.23. The van der Waals surface area contributed by atoms with Crippen molar-refractivity contribution in [2.75, 3.05) is 0 Å². The lowest BCUT2D eigenvalue weighted by molar-refractivity contribution is 0.475. The number of rotatable bonds is 0. The minimum Gasteiger partial charge on any atom is -0.508 e. The molecular weight excluding hydrogens is 228 g/mol. The number of hydrogen-bond donors (Lipinski definition) is 1. The first kappa shape index (κ1) is 13.9. The standard InChI is InChI=1S/C6H5Cl.C6H6O.H2S/c2*7-6-4-2-1-3-5-6;/h1-5H;1-5,7H;1H2. The zero-order valence-corrected chi connectivity index (χ0v) is 9.85. The fourth-order valence-corrected chi connectivity index (χ4v) is 0.988. The zero-order chi connectivity index (χ0) is 10.2. The van der Waals surface area contributed by atoms with Crippen molar-refractivity contribution in [2.45, 2.75) is 0 Å². The second-order valence-corrected chi connectivity index (χ2v) is 3.07. The van der Waals surface area contributed by atoms with E-state index in [0.717, 1.165) is 5.02 Å². The molecule has 15 heavy (non-hydrogen) atoms. The molecular formula is C12H13ClOS. The molecule has 0 aliphatic heterocycles. The molecule has 0 atom stereocenters. The van der Waals surface area contributed by atoms with E-state index in [1.807, 2.05) is 36.4 Å². The highest BCUT2D eigenvalue weighted by Gasteiger charge is 1.75. The number of aromatic hydroxyl groups is 1. The third-order valence-corrected chi connectivity index (χ3v) is 1.74. The van der Waals surface area contributed by atoms with E-state index < -0.39 is 0 Å². The highest BCUT2D eigenvalue weighted by atomic mass is 35.5. The quantitative estimate of drug-likeness (QED) is 0.742. The Morgan fingerprint density at radius 2 is 1.13 bits per heavy atom. The number of phenols is 1. The molecule has 0 spiro atoms. The Morgan fingerprint density at radius 1 is 0.733 bits per heavy atom. The maximum Gasteiger partial charge on any atom is 0.115 e. The molecule has 0 unspecified atom stereocenters. The monoisotopic (exact) mass is 240 g/mol. The van der Waals surface area contributed by atoms with Crippen molar-refractivity contribution in [2.24, 2.45) is 0 Å². The van der Waals surface area contributed by atoms with E-state index in [4.69, 9.17) is 16.7 Å². The number of hydrogen-bond acceptors (Lipinski definition) is 1. The highest BCUT2D eigenvalue weighted by molar-refractivity contribution is 7.59. The normalized spacial score (nSPS) is 8.07. The van der Waals surface area contributed by atoms with Gasteiger partial charge < -0.3 is 5.11 Å². The van der Waals surface area contributed by atoms with Crippen LogP contribution in [0.5, 0.6) is 5.75 Å². The van der Waals surface area contributed by atoms with Crippen molar-refractivity contribution >= 4 is 25.1 Å². The molecule has 0 heterocycles. The summed E-state index contributed by atoms with van der Waals surface area (Å²) >= 11 is 5.54. The lowest BCUT2D eigenvalue weighted by Crippen LogP contribution is -1.56. The fourth-order valence-electron chi connectivity index (χ4n) is 0.843. The largest absolute Gasteiger partial charge is 0.508 e. The number of para-hydroxylation sites is 1. The summed E-state index contributed by atoms with van der Waals surface area (Å²) in [5.41, 5.74) is 0. The second-order valence-electron chi connectivity index (χ2n) is 2.63. The van der Waals surface area contributed by atoms with E-state index in [1.165, 1.54) is 0 Å². The van der Waals surface area contributed by atoms with Gasteiger partial charge in [-0.25, -0.2) is 0 Å². The fraction of sp³-hybridized carbons (Fsp3) is 0. The maximum absolute atomic E-state index is 8.63. The van der Waals surface area contributed by atoms with E-state index in [9.17, 15) is 0 Å². The number of benzene rings is 2. The molecule has 0 amide bonds. The van der Waals surface area contributed by atoms with Crippen LogP contribution < -0.4 is 0 Å². The first-order chi connectivity index (χ1) is 6.79. The summed E-state index contributed by atoms with van der Waals surface area (Å²) in [7, 11) is 0. The van der Waals surface area contributed by atoms with Crippen LogP contribution in [-0.2, 0) is 0 Å². The predicted molar refractivity (Wildman–Crippen MR) is 69.9 cm³/mol. The van der Waals surface area contributed by atoms with Gasteiger partial charge in [0.25, 0.3) is 0 Å². The van der Waals surface area contributed by atoms with E-state index >= 15 is 0 Å². The van der Waals surface area contributed by atoms with Gasteiger partial charge in [-0.1, -0.05) is 48.0 Å². The summed E-state index contributed by atoms with van der Waals surface area (Å²) in [6.45, 7) is 0. The highest BCUT2D eigenvalue weighted by Crippen LogP contribution is 2.03. The van der Waals surface area contributed by atoms with Crippen LogP contribution in [0.3, 0.4) is 0 Å². The van der Waals surface area contributed by atoms with Gasteiger partial charge in [0.1, 0.15) is 5.75 Å². The summed E-state index contributed by atoms with van der Waals surface area (Å²) in [4.78, 5) is 0. The molecule has 0 radical (unpaired) electrons. The third kappa shape index (κ3) is 6.89. The Bertz CT molecular complexity index is 313. The number of halogens is 1.